The molecule has 0 fully saturated rings. The lowest BCUT2D eigenvalue weighted by molar-refractivity contribution is 0.289. The van der Waals surface area contributed by atoms with Gasteiger partial charge in [-0.25, -0.2) is 0 Å². The van der Waals surface area contributed by atoms with Crippen LogP contribution in [0.3, 0.4) is 0 Å². The minimum absolute atomic E-state index is 0.201. The maximum absolute atomic E-state index is 8.88. The van der Waals surface area contributed by atoms with Gasteiger partial charge in [0.1, 0.15) is 0 Å². The van der Waals surface area contributed by atoms with E-state index >= 15 is 0 Å². The molecule has 0 radical (unpaired) electrons. The Hall–Kier alpha value is 0.310. The van der Waals surface area contributed by atoms with E-state index in [1.54, 1.807) is 0 Å². The quantitative estimate of drug-likeness (QED) is 0.206. The molecule has 22 heavy (non-hydrogen) atoms. The number of unbranched alkanes of at least 4 members (excludes halogenated alkanes) is 15. The summed E-state index contributed by atoms with van der Waals surface area (Å²) < 4.78 is 0. The fraction of sp³-hybridized carbons (Fsp3) is 1.00. The second-order valence-electron chi connectivity index (χ2n) is 6.93. The van der Waals surface area contributed by atoms with E-state index in [0.717, 1.165) is 6.42 Å². The largest absolute Gasteiger partial charge is 0.395 e. The molecule has 2 heteroatoms. The van der Waals surface area contributed by atoms with Gasteiger partial charge in [0.25, 0.3) is 0 Å². The number of thiol groups is 1. The minimum Gasteiger partial charge on any atom is -0.395 e. The third-order valence-electron chi connectivity index (χ3n) is 4.60. The second-order valence-corrected chi connectivity index (χ2v) is 7.66. The van der Waals surface area contributed by atoms with Crippen molar-refractivity contribution in [3.8, 4) is 0 Å². The van der Waals surface area contributed by atoms with E-state index in [9.17, 15) is 0 Å². The molecule has 1 nitrogen and oxygen atoms in total. The molecule has 0 saturated carbocycles. The van der Waals surface area contributed by atoms with Crippen LogP contribution in [-0.2, 0) is 0 Å². The molecule has 0 spiro atoms. The average Bonchev–Trinajstić information content (AvgIpc) is 2.54. The Morgan fingerprint density at radius 1 is 0.591 bits per heavy atom. The van der Waals surface area contributed by atoms with E-state index in [4.69, 9.17) is 5.11 Å². The summed E-state index contributed by atoms with van der Waals surface area (Å²) in [5.41, 5.74) is 0. The number of rotatable bonds is 18. The SMILES string of the molecule is CCCCCCCCCCCCCCCCCCC(S)CO. The first-order valence-electron chi connectivity index (χ1n) is 10.1. The average molecular weight is 331 g/mol. The number of hydrogen-bond donors (Lipinski definition) is 2. The molecule has 1 atom stereocenters. The van der Waals surface area contributed by atoms with Crippen molar-refractivity contribution in [2.24, 2.45) is 0 Å². The highest BCUT2D eigenvalue weighted by Crippen LogP contribution is 2.14. The summed E-state index contributed by atoms with van der Waals surface area (Å²) in [5.74, 6) is 0. The molecular formula is C20H42OS. The summed E-state index contributed by atoms with van der Waals surface area (Å²) in [6.45, 7) is 2.51. The molecule has 0 aromatic carbocycles. The van der Waals surface area contributed by atoms with Gasteiger partial charge in [-0.2, -0.15) is 12.6 Å². The highest BCUT2D eigenvalue weighted by Gasteiger charge is 1.99. The summed E-state index contributed by atoms with van der Waals surface area (Å²) in [7, 11) is 0. The minimum atomic E-state index is 0.201. The molecule has 0 heterocycles. The lowest BCUT2D eigenvalue weighted by Crippen LogP contribution is -2.03. The predicted molar refractivity (Wildman–Crippen MR) is 104 cm³/mol. The molecule has 1 unspecified atom stereocenters. The van der Waals surface area contributed by atoms with Gasteiger partial charge in [0.2, 0.25) is 0 Å². The molecule has 0 aliphatic rings. The Kier molecular flexibility index (Phi) is 19.6. The van der Waals surface area contributed by atoms with E-state index in [-0.39, 0.29) is 11.9 Å². The Bertz CT molecular complexity index is 196. The molecule has 0 saturated heterocycles. The van der Waals surface area contributed by atoms with Crippen molar-refractivity contribution in [1.82, 2.24) is 0 Å². The van der Waals surface area contributed by atoms with Crippen molar-refractivity contribution in [1.29, 1.82) is 0 Å². The third-order valence-corrected chi connectivity index (χ3v) is 5.02. The molecule has 0 aliphatic heterocycles. The van der Waals surface area contributed by atoms with Gasteiger partial charge in [0, 0.05) is 5.25 Å². The Morgan fingerprint density at radius 2 is 0.909 bits per heavy atom. The van der Waals surface area contributed by atoms with Crippen LogP contribution in [0.25, 0.3) is 0 Å². The van der Waals surface area contributed by atoms with Gasteiger partial charge >= 0.3 is 0 Å². The van der Waals surface area contributed by atoms with Crippen molar-refractivity contribution in [2.75, 3.05) is 6.61 Å². The van der Waals surface area contributed by atoms with Gasteiger partial charge in [0.05, 0.1) is 6.61 Å². The molecule has 0 aromatic heterocycles. The van der Waals surface area contributed by atoms with Crippen LogP contribution in [0, 0.1) is 0 Å². The zero-order valence-corrected chi connectivity index (χ0v) is 16.1. The molecule has 0 rings (SSSR count). The van der Waals surface area contributed by atoms with Crippen molar-refractivity contribution in [2.45, 2.75) is 121 Å². The monoisotopic (exact) mass is 330 g/mol. The first-order valence-corrected chi connectivity index (χ1v) is 10.6. The van der Waals surface area contributed by atoms with Gasteiger partial charge in [0.15, 0.2) is 0 Å². The lowest BCUT2D eigenvalue weighted by atomic mass is 10.0. The Labute approximate surface area is 146 Å². The fourth-order valence-corrected chi connectivity index (χ4v) is 3.20. The van der Waals surface area contributed by atoms with Crippen molar-refractivity contribution < 1.29 is 5.11 Å². The van der Waals surface area contributed by atoms with Crippen LogP contribution < -0.4 is 0 Å². The van der Waals surface area contributed by atoms with E-state index < -0.39 is 0 Å². The van der Waals surface area contributed by atoms with Crippen LogP contribution >= 0.6 is 12.6 Å². The molecule has 0 bridgehead atoms. The fourth-order valence-electron chi connectivity index (χ4n) is 3.02. The van der Waals surface area contributed by atoms with Crippen molar-refractivity contribution in [3.05, 3.63) is 0 Å². The zero-order valence-electron chi connectivity index (χ0n) is 15.2. The first-order chi connectivity index (χ1) is 10.8. The van der Waals surface area contributed by atoms with Crippen LogP contribution in [0.2, 0.25) is 0 Å². The van der Waals surface area contributed by atoms with Gasteiger partial charge in [-0.05, 0) is 6.42 Å². The van der Waals surface area contributed by atoms with Crippen molar-refractivity contribution in [3.63, 3.8) is 0 Å². The number of aliphatic hydroxyl groups excluding tert-OH is 1. The summed E-state index contributed by atoms with van der Waals surface area (Å²) in [6.07, 6.45) is 23.7. The zero-order chi connectivity index (χ0) is 16.3. The topological polar surface area (TPSA) is 20.2 Å². The lowest BCUT2D eigenvalue weighted by Gasteiger charge is -2.06. The molecule has 0 aliphatic carbocycles. The van der Waals surface area contributed by atoms with E-state index in [1.807, 2.05) is 0 Å². The summed E-state index contributed by atoms with van der Waals surface area (Å²) in [5, 5.41) is 9.08. The second kappa shape index (κ2) is 19.4. The number of aliphatic hydroxyl groups is 1. The predicted octanol–water partition coefficient (Wildman–Crippen LogP) is 6.93. The number of hydrogen-bond acceptors (Lipinski definition) is 2. The first kappa shape index (κ1) is 22.3. The Balaban J connectivity index is 2.97. The third kappa shape index (κ3) is 18.4. The van der Waals surface area contributed by atoms with Gasteiger partial charge in [-0.3, -0.25) is 0 Å². The van der Waals surface area contributed by atoms with E-state index in [2.05, 4.69) is 19.6 Å². The maximum atomic E-state index is 8.88. The van der Waals surface area contributed by atoms with Gasteiger partial charge in [-0.1, -0.05) is 110 Å². The van der Waals surface area contributed by atoms with Crippen LogP contribution in [0.1, 0.15) is 116 Å². The van der Waals surface area contributed by atoms with Gasteiger partial charge in [-0.15, -0.1) is 0 Å². The highest BCUT2D eigenvalue weighted by molar-refractivity contribution is 7.81. The van der Waals surface area contributed by atoms with Crippen LogP contribution in [0.4, 0.5) is 0 Å². The normalized spacial score (nSPS) is 12.7. The molecule has 0 aromatic rings. The molecule has 0 amide bonds. The summed E-state index contributed by atoms with van der Waals surface area (Å²) >= 11 is 4.31. The maximum Gasteiger partial charge on any atom is 0.0547 e. The smallest absolute Gasteiger partial charge is 0.0547 e. The standard InChI is InChI=1S/C20H42OS/c1-2-3-4-5-6-7-8-9-10-11-12-13-14-15-16-17-18-20(22)19-21/h20-22H,2-19H2,1H3. The summed E-state index contributed by atoms with van der Waals surface area (Å²) in [6, 6.07) is 0. The summed E-state index contributed by atoms with van der Waals surface area (Å²) in [4.78, 5) is 0. The van der Waals surface area contributed by atoms with Crippen LogP contribution in [0.15, 0.2) is 0 Å². The molecule has 134 valence electrons. The van der Waals surface area contributed by atoms with E-state index in [1.165, 1.54) is 103 Å². The van der Waals surface area contributed by atoms with Crippen LogP contribution in [0.5, 0.6) is 0 Å². The highest BCUT2D eigenvalue weighted by atomic mass is 32.1. The Morgan fingerprint density at radius 3 is 1.23 bits per heavy atom. The van der Waals surface area contributed by atoms with E-state index in [0.29, 0.717) is 0 Å². The van der Waals surface area contributed by atoms with Gasteiger partial charge < -0.3 is 5.11 Å². The molecule has 1 N–H and O–H groups in total. The van der Waals surface area contributed by atoms with Crippen molar-refractivity contribution >= 4 is 12.6 Å². The van der Waals surface area contributed by atoms with Crippen LogP contribution in [-0.4, -0.2) is 17.0 Å². The molecular weight excluding hydrogens is 288 g/mol.